The summed E-state index contributed by atoms with van der Waals surface area (Å²) in [4.78, 5) is 24.5. The minimum absolute atomic E-state index is 0.0203. The van der Waals surface area contributed by atoms with E-state index in [4.69, 9.17) is 4.74 Å². The van der Waals surface area contributed by atoms with Gasteiger partial charge in [-0.1, -0.05) is 245 Å². The van der Waals surface area contributed by atoms with Crippen molar-refractivity contribution in [1.82, 2.24) is 5.32 Å². The molecular weight excluding hydrogens is 695 g/mol. The first-order chi connectivity index (χ1) is 27.5. The summed E-state index contributed by atoms with van der Waals surface area (Å²) >= 11 is 0. The van der Waals surface area contributed by atoms with E-state index >= 15 is 0 Å². The fourth-order valence-electron chi connectivity index (χ4n) is 7.99. The second-order valence-electron chi connectivity index (χ2n) is 17.5. The molecule has 2 atom stereocenters. The van der Waals surface area contributed by atoms with E-state index in [1.54, 1.807) is 0 Å². The summed E-state index contributed by atoms with van der Waals surface area (Å²) in [6, 6.07) is -0.558. The molecule has 334 valence electrons. The van der Waals surface area contributed by atoms with Crippen molar-refractivity contribution in [3.05, 3.63) is 0 Å². The van der Waals surface area contributed by atoms with Crippen molar-refractivity contribution in [2.75, 3.05) is 13.2 Å². The van der Waals surface area contributed by atoms with Crippen molar-refractivity contribution in [2.45, 2.75) is 296 Å². The summed E-state index contributed by atoms with van der Waals surface area (Å²) in [6.45, 7) is 4.90. The fraction of sp³-hybridized carbons (Fsp3) is 0.960. The van der Waals surface area contributed by atoms with Gasteiger partial charge >= 0.3 is 5.97 Å². The molecule has 0 aromatic heterocycles. The smallest absolute Gasteiger partial charge is 0.305 e. The Bertz CT molecular complexity index is 791. The summed E-state index contributed by atoms with van der Waals surface area (Å²) < 4.78 is 5.46. The number of rotatable bonds is 47. The highest BCUT2D eigenvalue weighted by atomic mass is 16.5. The Hall–Kier alpha value is -1.14. The van der Waals surface area contributed by atoms with E-state index in [0.29, 0.717) is 25.9 Å². The summed E-state index contributed by atoms with van der Waals surface area (Å²) in [5, 5.41) is 23.1. The van der Waals surface area contributed by atoms with E-state index < -0.39 is 12.1 Å². The molecule has 1 amide bonds. The fourth-order valence-corrected chi connectivity index (χ4v) is 7.99. The number of carbonyl (C=O) groups is 2. The third-order valence-electron chi connectivity index (χ3n) is 11.9. The second kappa shape index (κ2) is 46.5. The van der Waals surface area contributed by atoms with Crippen LogP contribution in [0.4, 0.5) is 0 Å². The molecule has 2 unspecified atom stereocenters. The van der Waals surface area contributed by atoms with Crippen LogP contribution in [0.5, 0.6) is 0 Å². The van der Waals surface area contributed by atoms with Crippen molar-refractivity contribution >= 4 is 11.9 Å². The van der Waals surface area contributed by atoms with Crippen LogP contribution >= 0.6 is 0 Å². The molecule has 0 bridgehead atoms. The average molecular weight is 794 g/mol. The average Bonchev–Trinajstić information content (AvgIpc) is 3.20. The molecule has 0 spiro atoms. The molecule has 56 heavy (non-hydrogen) atoms. The van der Waals surface area contributed by atoms with Gasteiger partial charge in [-0.3, -0.25) is 9.59 Å². The summed E-state index contributed by atoms with van der Waals surface area (Å²) in [7, 11) is 0. The molecule has 0 radical (unpaired) electrons. The van der Waals surface area contributed by atoms with Gasteiger partial charge in [-0.2, -0.15) is 0 Å². The Morgan fingerprint density at radius 3 is 1.09 bits per heavy atom. The molecule has 0 saturated carbocycles. The van der Waals surface area contributed by atoms with E-state index in [-0.39, 0.29) is 18.5 Å². The maximum Gasteiger partial charge on any atom is 0.305 e. The highest BCUT2D eigenvalue weighted by Gasteiger charge is 2.20. The van der Waals surface area contributed by atoms with Crippen LogP contribution < -0.4 is 5.32 Å². The Balaban J connectivity index is 3.44. The molecule has 6 nitrogen and oxygen atoms in total. The molecule has 0 aromatic carbocycles. The van der Waals surface area contributed by atoms with Crippen LogP contribution in [0.25, 0.3) is 0 Å². The normalized spacial score (nSPS) is 12.6. The lowest BCUT2D eigenvalue weighted by atomic mass is 10.0. The summed E-state index contributed by atoms with van der Waals surface area (Å²) in [6.07, 6.45) is 50.7. The Morgan fingerprint density at radius 1 is 0.429 bits per heavy atom. The van der Waals surface area contributed by atoms with Crippen molar-refractivity contribution in [1.29, 1.82) is 0 Å². The Kier molecular flexibility index (Phi) is 45.6. The van der Waals surface area contributed by atoms with Crippen LogP contribution in [-0.4, -0.2) is 47.4 Å². The van der Waals surface area contributed by atoms with E-state index in [0.717, 1.165) is 57.8 Å². The van der Waals surface area contributed by atoms with Gasteiger partial charge in [-0.05, 0) is 25.7 Å². The monoisotopic (exact) mass is 794 g/mol. The summed E-state index contributed by atoms with van der Waals surface area (Å²) in [5.41, 5.74) is 0. The molecule has 0 rings (SSSR count). The minimum Gasteiger partial charge on any atom is -0.466 e. The molecule has 0 aromatic rings. The van der Waals surface area contributed by atoms with Gasteiger partial charge in [0.1, 0.15) is 0 Å². The number of nitrogens with one attached hydrogen (secondary N) is 1. The van der Waals surface area contributed by atoms with Crippen molar-refractivity contribution < 1.29 is 24.5 Å². The van der Waals surface area contributed by atoms with E-state index in [9.17, 15) is 19.8 Å². The number of hydrogen-bond acceptors (Lipinski definition) is 5. The first kappa shape index (κ1) is 54.9. The second-order valence-corrected chi connectivity index (χ2v) is 17.5. The van der Waals surface area contributed by atoms with Crippen molar-refractivity contribution in [2.24, 2.45) is 0 Å². The Morgan fingerprint density at radius 2 is 0.732 bits per heavy atom. The number of aliphatic hydroxyl groups excluding tert-OH is 2. The van der Waals surface area contributed by atoms with E-state index in [1.807, 2.05) is 0 Å². The number of hydrogen-bond donors (Lipinski definition) is 3. The highest BCUT2D eigenvalue weighted by Crippen LogP contribution is 2.17. The molecule has 3 N–H and O–H groups in total. The van der Waals surface area contributed by atoms with Gasteiger partial charge in [-0.15, -0.1) is 0 Å². The van der Waals surface area contributed by atoms with Crippen LogP contribution in [0.3, 0.4) is 0 Å². The molecule has 6 heteroatoms. The Labute approximate surface area is 349 Å². The van der Waals surface area contributed by atoms with Gasteiger partial charge in [0, 0.05) is 12.8 Å². The van der Waals surface area contributed by atoms with Gasteiger partial charge in [0.15, 0.2) is 0 Å². The summed E-state index contributed by atoms with van der Waals surface area (Å²) in [5.74, 6) is -0.0815. The number of unbranched alkanes of at least 4 members (excludes halogenated alkanes) is 36. The maximum atomic E-state index is 12.4. The SMILES string of the molecule is CCCCCCCCCCCCCCCCCCCCC(=O)OCCCCCCCCCCCC(=O)NC(CO)C(O)CCCCCCCCCCCCCC. The van der Waals surface area contributed by atoms with Gasteiger partial charge < -0.3 is 20.3 Å². The van der Waals surface area contributed by atoms with Crippen LogP contribution in [-0.2, 0) is 14.3 Å². The molecule has 0 heterocycles. The lowest BCUT2D eigenvalue weighted by Crippen LogP contribution is -2.45. The quantitative estimate of drug-likeness (QED) is 0.0421. The predicted octanol–water partition coefficient (Wildman–Crippen LogP) is 14.8. The number of aliphatic hydroxyl groups is 2. The van der Waals surface area contributed by atoms with Gasteiger partial charge in [0.05, 0.1) is 25.4 Å². The topological polar surface area (TPSA) is 95.9 Å². The molecule has 0 saturated heterocycles. The standard InChI is InChI=1S/C50H99NO5/c1-3-5-7-9-11-13-15-17-18-19-20-21-22-24-28-32-36-40-44-50(55)56-45-41-37-33-29-25-27-31-35-39-43-49(54)51-47(46-52)48(53)42-38-34-30-26-23-16-14-12-10-8-6-4-2/h47-48,52-53H,3-46H2,1-2H3,(H,51,54). The lowest BCUT2D eigenvalue weighted by Gasteiger charge is -2.22. The van der Waals surface area contributed by atoms with Crippen LogP contribution in [0.15, 0.2) is 0 Å². The number of carbonyl (C=O) groups excluding carboxylic acids is 2. The largest absolute Gasteiger partial charge is 0.466 e. The lowest BCUT2D eigenvalue weighted by molar-refractivity contribution is -0.143. The van der Waals surface area contributed by atoms with Crippen LogP contribution in [0.2, 0.25) is 0 Å². The van der Waals surface area contributed by atoms with Gasteiger partial charge in [0.2, 0.25) is 5.91 Å². The van der Waals surface area contributed by atoms with E-state index in [2.05, 4.69) is 19.2 Å². The van der Waals surface area contributed by atoms with Crippen LogP contribution in [0, 0.1) is 0 Å². The van der Waals surface area contributed by atoms with E-state index in [1.165, 1.54) is 193 Å². The first-order valence-corrected chi connectivity index (χ1v) is 25.3. The van der Waals surface area contributed by atoms with Crippen molar-refractivity contribution in [3.8, 4) is 0 Å². The minimum atomic E-state index is -0.678. The van der Waals surface area contributed by atoms with Crippen molar-refractivity contribution in [3.63, 3.8) is 0 Å². The first-order valence-electron chi connectivity index (χ1n) is 25.3. The zero-order valence-corrected chi connectivity index (χ0v) is 37.9. The third-order valence-corrected chi connectivity index (χ3v) is 11.9. The zero-order chi connectivity index (χ0) is 40.8. The molecule has 0 aliphatic rings. The molecule has 0 fully saturated rings. The molecule has 0 aliphatic carbocycles. The highest BCUT2D eigenvalue weighted by molar-refractivity contribution is 5.76. The number of esters is 1. The number of ether oxygens (including phenoxy) is 1. The van der Waals surface area contributed by atoms with Gasteiger partial charge in [0.25, 0.3) is 0 Å². The predicted molar refractivity (Wildman–Crippen MR) is 241 cm³/mol. The van der Waals surface area contributed by atoms with Gasteiger partial charge in [-0.25, -0.2) is 0 Å². The zero-order valence-electron chi connectivity index (χ0n) is 37.9. The van der Waals surface area contributed by atoms with Crippen LogP contribution in [0.1, 0.15) is 284 Å². The third kappa shape index (κ3) is 42.5. The number of amides is 1. The molecule has 0 aliphatic heterocycles. The molecular formula is C50H99NO5. The maximum absolute atomic E-state index is 12.4.